The number of hydrogen-bond donors (Lipinski definition) is 0. The second-order valence-corrected chi connectivity index (χ2v) is 1.96. The molecular weight excluding hydrogens is 162 g/mol. The van der Waals surface area contributed by atoms with Gasteiger partial charge in [0, 0.05) is 5.16 Å². The van der Waals surface area contributed by atoms with Gasteiger partial charge in [0.1, 0.15) is 5.69 Å². The van der Waals surface area contributed by atoms with Crippen LogP contribution in [-0.2, 0) is 0 Å². The highest BCUT2D eigenvalue weighted by Gasteiger charge is 2.11. The summed E-state index contributed by atoms with van der Waals surface area (Å²) < 4.78 is 4.24. The molecule has 0 atom stereocenters. The molecule has 0 aliphatic rings. The Bertz CT molecular complexity index is 372. The van der Waals surface area contributed by atoms with Crippen molar-refractivity contribution in [1.29, 1.82) is 0 Å². The largest absolute Gasteiger partial charge is 0.359 e. The zero-order chi connectivity index (χ0) is 8.39. The smallest absolute Gasteiger partial charge is 0.245 e. The molecule has 0 saturated heterocycles. The lowest BCUT2D eigenvalue weighted by atomic mass is 10.3. The molecule has 0 saturated carbocycles. The van der Waals surface area contributed by atoms with Gasteiger partial charge < -0.3 is 5.21 Å². The summed E-state index contributed by atoms with van der Waals surface area (Å²) in [7, 11) is 0. The summed E-state index contributed by atoms with van der Waals surface area (Å²) in [5.74, 6) is 0. The highest BCUT2D eigenvalue weighted by atomic mass is 16.8. The first-order valence-electron chi connectivity index (χ1n) is 3.07. The molecule has 0 aromatic carbocycles. The van der Waals surface area contributed by atoms with Gasteiger partial charge in [0.15, 0.2) is 0 Å². The van der Waals surface area contributed by atoms with E-state index in [0.717, 1.165) is 0 Å². The van der Waals surface area contributed by atoms with E-state index in [1.165, 1.54) is 18.5 Å². The fourth-order valence-electron chi connectivity index (χ4n) is 0.745. The lowest BCUT2D eigenvalue weighted by molar-refractivity contribution is -0.793. The van der Waals surface area contributed by atoms with Crippen LogP contribution in [0.1, 0.15) is 0 Å². The summed E-state index contributed by atoms with van der Waals surface area (Å²) in [5.41, 5.74) is 0.589. The molecule has 0 unspecified atom stereocenters. The van der Waals surface area contributed by atoms with Crippen molar-refractivity contribution in [3.8, 4) is 11.4 Å². The van der Waals surface area contributed by atoms with Gasteiger partial charge in [-0.3, -0.25) is 4.63 Å². The van der Waals surface area contributed by atoms with E-state index in [1.807, 2.05) is 0 Å². The normalized spacial score (nSPS) is 10.0. The fraction of sp³-hybridized carbons (Fsp3) is 0. The minimum Gasteiger partial charge on any atom is -0.359 e. The van der Waals surface area contributed by atoms with E-state index in [1.54, 1.807) is 0 Å². The van der Waals surface area contributed by atoms with E-state index in [4.69, 9.17) is 0 Å². The second kappa shape index (κ2) is 2.53. The minimum atomic E-state index is 0.213. The summed E-state index contributed by atoms with van der Waals surface area (Å²) in [6.45, 7) is 0. The molecule has 7 nitrogen and oxygen atoms in total. The van der Waals surface area contributed by atoms with Gasteiger partial charge in [-0.05, 0) is 16.2 Å². The van der Waals surface area contributed by atoms with Crippen LogP contribution >= 0.6 is 0 Å². The zero-order valence-corrected chi connectivity index (χ0v) is 5.78. The van der Waals surface area contributed by atoms with Crippen LogP contribution in [0.5, 0.6) is 0 Å². The molecule has 7 heteroatoms. The summed E-state index contributed by atoms with van der Waals surface area (Å²) in [5, 5.41) is 24.5. The van der Waals surface area contributed by atoms with E-state index in [2.05, 4.69) is 25.2 Å². The van der Waals surface area contributed by atoms with Crippen LogP contribution in [0.25, 0.3) is 11.4 Å². The molecule has 0 radical (unpaired) electrons. The topological polar surface area (TPSA) is 91.6 Å². The van der Waals surface area contributed by atoms with Crippen LogP contribution in [0, 0.1) is 5.21 Å². The standard InChI is InChI=1S/C5H3N5O2/c11-10-5(3-7-12-10)4-1-2-6-9-8-4/h1-3H. The van der Waals surface area contributed by atoms with E-state index < -0.39 is 0 Å². The van der Waals surface area contributed by atoms with Crippen molar-refractivity contribution in [2.75, 3.05) is 0 Å². The SMILES string of the molecule is [O-][n+]1oncc1-c1ccnnn1. The molecule has 12 heavy (non-hydrogen) atoms. The number of nitrogens with zero attached hydrogens (tertiary/aromatic N) is 5. The van der Waals surface area contributed by atoms with E-state index >= 15 is 0 Å². The van der Waals surface area contributed by atoms with Crippen LogP contribution in [0.2, 0.25) is 0 Å². The Labute approximate surface area is 66.2 Å². The number of rotatable bonds is 1. The Morgan fingerprint density at radius 1 is 1.50 bits per heavy atom. The van der Waals surface area contributed by atoms with Gasteiger partial charge in [0.25, 0.3) is 0 Å². The Balaban J connectivity index is 2.51. The van der Waals surface area contributed by atoms with Crippen molar-refractivity contribution in [1.82, 2.24) is 20.6 Å². The average molecular weight is 165 g/mol. The highest BCUT2D eigenvalue weighted by Crippen LogP contribution is 2.06. The Kier molecular flexibility index (Phi) is 1.40. The Hall–Kier alpha value is -2.05. The number of hydrogen-bond acceptors (Lipinski definition) is 6. The van der Waals surface area contributed by atoms with Gasteiger partial charge in [0.2, 0.25) is 11.9 Å². The van der Waals surface area contributed by atoms with Crippen LogP contribution in [0.3, 0.4) is 0 Å². The van der Waals surface area contributed by atoms with Gasteiger partial charge in [-0.2, -0.15) is 0 Å². The van der Waals surface area contributed by atoms with Gasteiger partial charge in [-0.15, -0.1) is 10.2 Å². The minimum absolute atomic E-state index is 0.213. The molecule has 0 bridgehead atoms. The van der Waals surface area contributed by atoms with Gasteiger partial charge in [-0.1, -0.05) is 0 Å². The average Bonchev–Trinajstić information content (AvgIpc) is 2.53. The molecule has 0 fully saturated rings. The van der Waals surface area contributed by atoms with Crippen molar-refractivity contribution < 1.29 is 9.53 Å². The molecule has 0 aliphatic heterocycles. The Morgan fingerprint density at radius 2 is 2.42 bits per heavy atom. The zero-order valence-electron chi connectivity index (χ0n) is 5.78. The van der Waals surface area contributed by atoms with Crippen LogP contribution < -0.4 is 4.90 Å². The lowest BCUT2D eigenvalue weighted by Crippen LogP contribution is -2.25. The van der Waals surface area contributed by atoms with Gasteiger partial charge in [-0.25, -0.2) is 0 Å². The maximum absolute atomic E-state index is 10.8. The first-order valence-corrected chi connectivity index (χ1v) is 3.07. The van der Waals surface area contributed by atoms with E-state index in [0.29, 0.717) is 5.69 Å². The van der Waals surface area contributed by atoms with Crippen LogP contribution in [0.15, 0.2) is 23.1 Å². The highest BCUT2D eigenvalue weighted by molar-refractivity contribution is 5.46. The third-order valence-electron chi connectivity index (χ3n) is 1.26. The van der Waals surface area contributed by atoms with Crippen molar-refractivity contribution in [3.05, 3.63) is 23.7 Å². The molecule has 0 aliphatic carbocycles. The molecule has 0 amide bonds. The summed E-state index contributed by atoms with van der Waals surface area (Å²) in [6.07, 6.45) is 2.69. The third-order valence-corrected chi connectivity index (χ3v) is 1.26. The summed E-state index contributed by atoms with van der Waals surface area (Å²) in [4.78, 5) is 0.254. The van der Waals surface area contributed by atoms with Crippen LogP contribution in [-0.4, -0.2) is 20.6 Å². The predicted molar refractivity (Wildman–Crippen MR) is 34.3 cm³/mol. The summed E-state index contributed by atoms with van der Waals surface area (Å²) >= 11 is 0. The number of aromatic nitrogens is 5. The predicted octanol–water partition coefficient (Wildman–Crippen LogP) is -0.840. The molecule has 2 aromatic heterocycles. The molecule has 2 heterocycles. The molecule has 2 rings (SSSR count). The van der Waals surface area contributed by atoms with Gasteiger partial charge in [0.05, 0.1) is 6.20 Å². The molecule has 0 N–H and O–H groups in total. The van der Waals surface area contributed by atoms with E-state index in [9.17, 15) is 5.21 Å². The monoisotopic (exact) mass is 165 g/mol. The molecule has 60 valence electrons. The maximum atomic E-state index is 10.8. The molecule has 0 spiro atoms. The van der Waals surface area contributed by atoms with Crippen molar-refractivity contribution in [2.45, 2.75) is 0 Å². The lowest BCUT2D eigenvalue weighted by Gasteiger charge is -1.90. The van der Waals surface area contributed by atoms with E-state index in [-0.39, 0.29) is 10.6 Å². The molecule has 2 aromatic rings. The second-order valence-electron chi connectivity index (χ2n) is 1.96. The van der Waals surface area contributed by atoms with Gasteiger partial charge >= 0.3 is 0 Å². The fourth-order valence-corrected chi connectivity index (χ4v) is 0.745. The van der Waals surface area contributed by atoms with Crippen molar-refractivity contribution >= 4 is 0 Å². The molecular formula is C5H3N5O2. The first kappa shape index (κ1) is 6.65. The van der Waals surface area contributed by atoms with Crippen molar-refractivity contribution in [2.24, 2.45) is 0 Å². The quantitative estimate of drug-likeness (QED) is 0.511. The van der Waals surface area contributed by atoms with Crippen molar-refractivity contribution in [3.63, 3.8) is 0 Å². The summed E-state index contributed by atoms with van der Waals surface area (Å²) in [6, 6.07) is 1.54. The Morgan fingerprint density at radius 3 is 3.00 bits per heavy atom. The maximum Gasteiger partial charge on any atom is 0.245 e. The first-order chi connectivity index (χ1) is 5.88. The third kappa shape index (κ3) is 0.965. The van der Waals surface area contributed by atoms with Crippen LogP contribution in [0.4, 0.5) is 0 Å².